The van der Waals surface area contributed by atoms with Gasteiger partial charge in [0.2, 0.25) is 0 Å². The predicted molar refractivity (Wildman–Crippen MR) is 101 cm³/mol. The third kappa shape index (κ3) is 5.74. The quantitative estimate of drug-likeness (QED) is 0.596. The summed E-state index contributed by atoms with van der Waals surface area (Å²) >= 11 is 0. The van der Waals surface area contributed by atoms with Gasteiger partial charge in [0, 0.05) is 6.54 Å². The Morgan fingerprint density at radius 2 is 1.93 bits per heavy atom. The average Bonchev–Trinajstić information content (AvgIpc) is 3.17. The maximum Gasteiger partial charge on any atom is 0.387 e. The summed E-state index contributed by atoms with van der Waals surface area (Å²) in [7, 11) is 1.37. The molecule has 152 valence electrons. The molecular formula is C20H20F2N4O3. The number of rotatable bonds is 9. The van der Waals surface area contributed by atoms with E-state index in [2.05, 4.69) is 20.4 Å². The van der Waals surface area contributed by atoms with Gasteiger partial charge in [-0.2, -0.15) is 8.78 Å². The predicted octanol–water partition coefficient (Wildman–Crippen LogP) is 2.91. The van der Waals surface area contributed by atoms with Gasteiger partial charge in [-0.1, -0.05) is 41.6 Å². The fourth-order valence-corrected chi connectivity index (χ4v) is 2.73. The highest BCUT2D eigenvalue weighted by atomic mass is 19.3. The van der Waals surface area contributed by atoms with Crippen LogP contribution in [0.4, 0.5) is 8.78 Å². The Balaban J connectivity index is 1.53. The van der Waals surface area contributed by atoms with Crippen LogP contribution in [0.5, 0.6) is 11.5 Å². The Morgan fingerprint density at radius 1 is 1.14 bits per heavy atom. The highest BCUT2D eigenvalue weighted by molar-refractivity contribution is 5.91. The SMILES string of the molecule is COc1ccc(CCNC(=O)c2cn(Cc3ccccc3)nn2)cc1OC(F)F. The van der Waals surface area contributed by atoms with Crippen molar-refractivity contribution in [2.45, 2.75) is 19.6 Å². The van der Waals surface area contributed by atoms with Gasteiger partial charge < -0.3 is 14.8 Å². The largest absolute Gasteiger partial charge is 0.493 e. The third-order valence-electron chi connectivity index (χ3n) is 4.10. The first-order chi connectivity index (χ1) is 14.0. The monoisotopic (exact) mass is 402 g/mol. The van der Waals surface area contributed by atoms with E-state index in [0.717, 1.165) is 11.1 Å². The smallest absolute Gasteiger partial charge is 0.387 e. The Hall–Kier alpha value is -3.49. The van der Waals surface area contributed by atoms with E-state index >= 15 is 0 Å². The molecule has 1 N–H and O–H groups in total. The summed E-state index contributed by atoms with van der Waals surface area (Å²) in [5.74, 6) is -0.190. The fourth-order valence-electron chi connectivity index (χ4n) is 2.73. The highest BCUT2D eigenvalue weighted by Crippen LogP contribution is 2.29. The van der Waals surface area contributed by atoms with Crippen molar-refractivity contribution in [1.29, 1.82) is 0 Å². The Labute approximate surface area is 166 Å². The molecule has 0 aliphatic heterocycles. The number of nitrogens with zero attached hydrogens (tertiary/aromatic N) is 3. The number of carbonyl (C=O) groups is 1. The van der Waals surface area contributed by atoms with Crippen molar-refractivity contribution in [2.24, 2.45) is 0 Å². The molecule has 0 atom stereocenters. The van der Waals surface area contributed by atoms with Gasteiger partial charge in [-0.3, -0.25) is 4.79 Å². The molecule has 1 aromatic heterocycles. The molecule has 0 bridgehead atoms. The molecule has 3 aromatic rings. The number of carbonyl (C=O) groups excluding carboxylic acids is 1. The zero-order valence-electron chi connectivity index (χ0n) is 15.7. The number of nitrogens with one attached hydrogen (secondary N) is 1. The highest BCUT2D eigenvalue weighted by Gasteiger charge is 2.13. The molecule has 1 amide bonds. The van der Waals surface area contributed by atoms with Crippen LogP contribution >= 0.6 is 0 Å². The molecule has 3 rings (SSSR count). The van der Waals surface area contributed by atoms with E-state index in [-0.39, 0.29) is 23.1 Å². The molecule has 0 fully saturated rings. The van der Waals surface area contributed by atoms with E-state index in [0.29, 0.717) is 19.5 Å². The molecule has 1 heterocycles. The number of methoxy groups -OCH3 is 1. The molecular weight excluding hydrogens is 382 g/mol. The second kappa shape index (κ2) is 9.63. The number of aromatic nitrogens is 3. The van der Waals surface area contributed by atoms with E-state index in [9.17, 15) is 13.6 Å². The molecule has 2 aromatic carbocycles. The van der Waals surface area contributed by atoms with E-state index in [1.165, 1.54) is 13.2 Å². The van der Waals surface area contributed by atoms with Gasteiger partial charge in [-0.05, 0) is 29.7 Å². The topological polar surface area (TPSA) is 78.3 Å². The van der Waals surface area contributed by atoms with Crippen molar-refractivity contribution in [3.05, 3.63) is 71.5 Å². The summed E-state index contributed by atoms with van der Waals surface area (Å²) < 4.78 is 36.1. The van der Waals surface area contributed by atoms with Gasteiger partial charge in [0.1, 0.15) is 0 Å². The van der Waals surface area contributed by atoms with Crippen LogP contribution in [0.3, 0.4) is 0 Å². The van der Waals surface area contributed by atoms with Crippen LogP contribution in [-0.2, 0) is 13.0 Å². The van der Waals surface area contributed by atoms with Gasteiger partial charge in [-0.25, -0.2) is 4.68 Å². The molecule has 7 nitrogen and oxygen atoms in total. The van der Waals surface area contributed by atoms with Crippen LogP contribution in [0.1, 0.15) is 21.6 Å². The molecule has 0 saturated carbocycles. The molecule has 0 spiro atoms. The van der Waals surface area contributed by atoms with E-state index < -0.39 is 6.61 Å². The van der Waals surface area contributed by atoms with Crippen LogP contribution in [0.2, 0.25) is 0 Å². The first-order valence-electron chi connectivity index (χ1n) is 8.89. The number of hydrogen-bond acceptors (Lipinski definition) is 5. The average molecular weight is 402 g/mol. The lowest BCUT2D eigenvalue weighted by atomic mass is 10.1. The van der Waals surface area contributed by atoms with Crippen LogP contribution < -0.4 is 14.8 Å². The standard InChI is InChI=1S/C20H20F2N4O3/c1-28-17-8-7-14(11-18(17)29-20(21)22)9-10-23-19(27)16-13-26(25-24-16)12-15-5-3-2-4-6-15/h2-8,11,13,20H,9-10,12H2,1H3,(H,23,27). The summed E-state index contributed by atoms with van der Waals surface area (Å²) in [6.07, 6.45) is 2.00. The zero-order valence-corrected chi connectivity index (χ0v) is 15.7. The zero-order chi connectivity index (χ0) is 20.6. The van der Waals surface area contributed by atoms with E-state index in [4.69, 9.17) is 4.74 Å². The van der Waals surface area contributed by atoms with Crippen LogP contribution in [0.25, 0.3) is 0 Å². The Kier molecular flexibility index (Phi) is 6.72. The van der Waals surface area contributed by atoms with Crippen LogP contribution in [-0.4, -0.2) is 41.2 Å². The molecule has 29 heavy (non-hydrogen) atoms. The fraction of sp³-hybridized carbons (Fsp3) is 0.250. The first kappa shape index (κ1) is 20.2. The molecule has 9 heteroatoms. The van der Waals surface area contributed by atoms with Crippen molar-refractivity contribution >= 4 is 5.91 Å². The summed E-state index contributed by atoms with van der Waals surface area (Å²) in [5.41, 5.74) is 1.97. The second-order valence-electron chi connectivity index (χ2n) is 6.16. The first-order valence-corrected chi connectivity index (χ1v) is 8.89. The minimum atomic E-state index is -2.95. The molecule has 0 aliphatic carbocycles. The van der Waals surface area contributed by atoms with E-state index in [1.807, 2.05) is 30.3 Å². The minimum Gasteiger partial charge on any atom is -0.493 e. The number of halogens is 2. The van der Waals surface area contributed by atoms with Crippen molar-refractivity contribution in [2.75, 3.05) is 13.7 Å². The Morgan fingerprint density at radius 3 is 2.66 bits per heavy atom. The van der Waals surface area contributed by atoms with Crippen molar-refractivity contribution in [3.63, 3.8) is 0 Å². The lowest BCUT2D eigenvalue weighted by molar-refractivity contribution is -0.0512. The second-order valence-corrected chi connectivity index (χ2v) is 6.16. The minimum absolute atomic E-state index is 0.0461. The van der Waals surface area contributed by atoms with Gasteiger partial charge in [0.05, 0.1) is 19.9 Å². The summed E-state index contributed by atoms with van der Waals surface area (Å²) in [6, 6.07) is 14.4. The molecule has 0 unspecified atom stereocenters. The van der Waals surface area contributed by atoms with Gasteiger partial charge in [0.25, 0.3) is 5.91 Å². The lowest BCUT2D eigenvalue weighted by Crippen LogP contribution is -2.26. The van der Waals surface area contributed by atoms with E-state index in [1.54, 1.807) is 23.0 Å². The molecule has 0 saturated heterocycles. The maximum atomic E-state index is 12.5. The normalized spacial score (nSPS) is 10.8. The summed E-state index contributed by atoms with van der Waals surface area (Å²) in [6.45, 7) is -2.14. The number of ether oxygens (including phenoxy) is 2. The van der Waals surface area contributed by atoms with Crippen molar-refractivity contribution in [3.8, 4) is 11.5 Å². The summed E-state index contributed by atoms with van der Waals surface area (Å²) in [4.78, 5) is 12.2. The lowest BCUT2D eigenvalue weighted by Gasteiger charge is -2.11. The van der Waals surface area contributed by atoms with Gasteiger partial charge >= 0.3 is 6.61 Å². The molecule has 0 aliphatic rings. The number of alkyl halides is 2. The Bertz CT molecular complexity index is 948. The van der Waals surface area contributed by atoms with Crippen molar-refractivity contribution in [1.82, 2.24) is 20.3 Å². The van der Waals surface area contributed by atoms with Crippen LogP contribution in [0, 0.1) is 0 Å². The van der Waals surface area contributed by atoms with Gasteiger partial charge in [-0.15, -0.1) is 5.10 Å². The summed E-state index contributed by atoms with van der Waals surface area (Å²) in [5, 5.41) is 10.6. The number of hydrogen-bond donors (Lipinski definition) is 1. The van der Waals surface area contributed by atoms with Crippen molar-refractivity contribution < 1.29 is 23.0 Å². The maximum absolute atomic E-state index is 12.5. The number of amides is 1. The van der Waals surface area contributed by atoms with Gasteiger partial charge in [0.15, 0.2) is 17.2 Å². The molecule has 0 radical (unpaired) electrons. The van der Waals surface area contributed by atoms with Crippen LogP contribution in [0.15, 0.2) is 54.7 Å². The third-order valence-corrected chi connectivity index (χ3v) is 4.10. The number of benzene rings is 2.